The lowest BCUT2D eigenvalue weighted by atomic mass is 10.2. The third kappa shape index (κ3) is 6.49. The summed E-state index contributed by atoms with van der Waals surface area (Å²) in [4.78, 5) is 33.2. The second-order valence-corrected chi connectivity index (χ2v) is 8.45. The third-order valence-corrected chi connectivity index (χ3v) is 6.19. The number of para-hydroxylation sites is 1. The molecule has 2 aromatic carbocycles. The topological polar surface area (TPSA) is 156 Å². The lowest BCUT2D eigenvalue weighted by Crippen LogP contribution is -2.43. The number of carbonyl (C=O) groups excluding carboxylic acids is 1. The number of carbonyl (C=O) groups is 2. The molecule has 11 nitrogen and oxygen atoms in total. The summed E-state index contributed by atoms with van der Waals surface area (Å²) in [6.45, 7) is -0.380. The molecular formula is C19H21N3O8S. The highest BCUT2D eigenvalue weighted by molar-refractivity contribution is 7.89. The largest absolute Gasteiger partial charge is 0.480 e. The third-order valence-electron chi connectivity index (χ3n) is 4.29. The maximum absolute atomic E-state index is 12.7. The average Bonchev–Trinajstić information content (AvgIpc) is 2.75. The summed E-state index contributed by atoms with van der Waals surface area (Å²) >= 11 is 0. The van der Waals surface area contributed by atoms with Crippen molar-refractivity contribution in [3.8, 4) is 0 Å². The molecule has 2 rings (SSSR count). The molecule has 0 heterocycles. The number of ether oxygens (including phenoxy) is 1. The van der Waals surface area contributed by atoms with E-state index in [4.69, 9.17) is 4.74 Å². The van der Waals surface area contributed by atoms with Crippen molar-refractivity contribution < 1.29 is 32.8 Å². The molecule has 12 heteroatoms. The van der Waals surface area contributed by atoms with Gasteiger partial charge in [0.2, 0.25) is 10.0 Å². The number of nitro benzene ring substituents is 1. The minimum atomic E-state index is -4.26. The highest BCUT2D eigenvalue weighted by Gasteiger charge is 2.30. The van der Waals surface area contributed by atoms with E-state index in [9.17, 15) is 33.2 Å². The second kappa shape index (κ2) is 10.5. The van der Waals surface area contributed by atoms with Crippen LogP contribution in [0.2, 0.25) is 0 Å². The molecule has 0 bridgehead atoms. The first-order valence-corrected chi connectivity index (χ1v) is 10.5. The van der Waals surface area contributed by atoms with Gasteiger partial charge in [0, 0.05) is 19.7 Å². The molecule has 0 aliphatic rings. The van der Waals surface area contributed by atoms with Crippen LogP contribution in [0.3, 0.4) is 0 Å². The molecule has 0 spiro atoms. The number of nitro groups is 1. The molecular weight excluding hydrogens is 430 g/mol. The fraction of sp³-hybridized carbons (Fsp3) is 0.263. The summed E-state index contributed by atoms with van der Waals surface area (Å²) in [5.74, 6) is -1.38. The summed E-state index contributed by atoms with van der Waals surface area (Å²) in [6.07, 6.45) is -1.26. The summed E-state index contributed by atoms with van der Waals surface area (Å²) in [6, 6.07) is 12.2. The molecule has 2 aromatic rings. The van der Waals surface area contributed by atoms with Crippen molar-refractivity contribution in [2.24, 2.45) is 0 Å². The maximum Gasteiger partial charge on any atom is 0.408 e. The van der Waals surface area contributed by atoms with Crippen LogP contribution in [0.4, 0.5) is 10.5 Å². The van der Waals surface area contributed by atoms with Crippen molar-refractivity contribution in [2.75, 3.05) is 13.6 Å². The minimum absolute atomic E-state index is 0.0645. The first-order valence-electron chi connectivity index (χ1n) is 9.02. The van der Waals surface area contributed by atoms with Gasteiger partial charge in [0.25, 0.3) is 5.69 Å². The van der Waals surface area contributed by atoms with Crippen LogP contribution in [0.15, 0.2) is 59.5 Å². The Hall–Kier alpha value is -3.51. The Morgan fingerprint density at radius 3 is 2.39 bits per heavy atom. The van der Waals surface area contributed by atoms with Crippen molar-refractivity contribution in [3.63, 3.8) is 0 Å². The molecule has 31 heavy (non-hydrogen) atoms. The first kappa shape index (κ1) is 23.8. The predicted octanol–water partition coefficient (Wildman–Crippen LogP) is 1.98. The number of nitrogens with zero attached hydrogens (tertiary/aromatic N) is 2. The molecule has 0 aliphatic carbocycles. The number of nitrogens with one attached hydrogen (secondary N) is 1. The number of amides is 1. The van der Waals surface area contributed by atoms with Crippen LogP contribution in [0.25, 0.3) is 0 Å². The van der Waals surface area contributed by atoms with E-state index < -0.39 is 43.6 Å². The lowest BCUT2D eigenvalue weighted by Gasteiger charge is -2.20. The SMILES string of the molecule is CN(CCC(NC(=O)OCc1ccccc1)C(=O)O)S(=O)(=O)c1ccccc1[N+](=O)[O-]. The molecule has 0 aliphatic heterocycles. The van der Waals surface area contributed by atoms with E-state index in [1.807, 2.05) is 0 Å². The number of aliphatic carboxylic acids is 1. The van der Waals surface area contributed by atoms with E-state index in [0.717, 1.165) is 16.4 Å². The quantitative estimate of drug-likeness (QED) is 0.410. The zero-order chi connectivity index (χ0) is 23.0. The molecule has 0 aromatic heterocycles. The highest BCUT2D eigenvalue weighted by Crippen LogP contribution is 2.25. The van der Waals surface area contributed by atoms with Gasteiger partial charge in [-0.25, -0.2) is 22.3 Å². The van der Waals surface area contributed by atoms with Crippen LogP contribution in [-0.4, -0.2) is 54.4 Å². The van der Waals surface area contributed by atoms with Gasteiger partial charge >= 0.3 is 12.1 Å². The Balaban J connectivity index is 2.00. The normalized spacial score (nSPS) is 12.2. The second-order valence-electron chi connectivity index (χ2n) is 6.44. The lowest BCUT2D eigenvalue weighted by molar-refractivity contribution is -0.387. The van der Waals surface area contributed by atoms with E-state index in [1.54, 1.807) is 30.3 Å². The number of hydrogen-bond acceptors (Lipinski definition) is 7. The van der Waals surface area contributed by atoms with Gasteiger partial charge in [0.1, 0.15) is 12.6 Å². The van der Waals surface area contributed by atoms with Gasteiger partial charge in [-0.05, 0) is 18.1 Å². The molecule has 0 fully saturated rings. The predicted molar refractivity (Wildman–Crippen MR) is 109 cm³/mol. The fourth-order valence-corrected chi connectivity index (χ4v) is 3.93. The van der Waals surface area contributed by atoms with Crippen molar-refractivity contribution in [1.29, 1.82) is 0 Å². The molecule has 0 radical (unpaired) electrons. The van der Waals surface area contributed by atoms with Crippen molar-refractivity contribution in [3.05, 3.63) is 70.3 Å². The molecule has 166 valence electrons. The number of alkyl carbamates (subject to hydrolysis) is 1. The smallest absolute Gasteiger partial charge is 0.408 e. The van der Waals surface area contributed by atoms with Crippen molar-refractivity contribution in [2.45, 2.75) is 24.0 Å². The Morgan fingerprint density at radius 1 is 1.16 bits per heavy atom. The van der Waals surface area contributed by atoms with E-state index >= 15 is 0 Å². The Bertz CT molecular complexity index is 1040. The van der Waals surface area contributed by atoms with Gasteiger partial charge in [-0.1, -0.05) is 42.5 Å². The van der Waals surface area contributed by atoms with Crippen LogP contribution < -0.4 is 5.32 Å². The van der Waals surface area contributed by atoms with Crippen LogP contribution in [0.1, 0.15) is 12.0 Å². The fourth-order valence-electron chi connectivity index (χ4n) is 2.59. The zero-order valence-electron chi connectivity index (χ0n) is 16.5. The van der Waals surface area contributed by atoms with Gasteiger partial charge < -0.3 is 15.2 Å². The Morgan fingerprint density at radius 2 is 1.77 bits per heavy atom. The van der Waals surface area contributed by atoms with Gasteiger partial charge in [-0.15, -0.1) is 0 Å². The molecule has 1 amide bonds. The number of benzene rings is 2. The van der Waals surface area contributed by atoms with Crippen LogP contribution in [-0.2, 0) is 26.2 Å². The van der Waals surface area contributed by atoms with Gasteiger partial charge in [0.05, 0.1) is 4.92 Å². The first-order chi connectivity index (χ1) is 14.6. The number of sulfonamides is 1. The summed E-state index contributed by atoms with van der Waals surface area (Å²) < 4.78 is 31.1. The van der Waals surface area contributed by atoms with Crippen LogP contribution >= 0.6 is 0 Å². The monoisotopic (exact) mass is 451 g/mol. The van der Waals surface area contributed by atoms with Gasteiger partial charge in [0.15, 0.2) is 4.90 Å². The average molecular weight is 451 g/mol. The number of hydrogen-bond donors (Lipinski definition) is 2. The van der Waals surface area contributed by atoms with E-state index in [2.05, 4.69) is 5.32 Å². The summed E-state index contributed by atoms with van der Waals surface area (Å²) in [5.41, 5.74) is 0.117. The van der Waals surface area contributed by atoms with Crippen LogP contribution in [0, 0.1) is 10.1 Å². The van der Waals surface area contributed by atoms with Crippen molar-refractivity contribution >= 4 is 27.8 Å². The minimum Gasteiger partial charge on any atom is -0.480 e. The van der Waals surface area contributed by atoms with Gasteiger partial charge in [-0.3, -0.25) is 10.1 Å². The van der Waals surface area contributed by atoms with Crippen LogP contribution in [0.5, 0.6) is 0 Å². The number of rotatable bonds is 10. The number of carboxylic acids is 1. The summed E-state index contributed by atoms with van der Waals surface area (Å²) in [5, 5.41) is 22.6. The standard InChI is InChI=1S/C19H21N3O8S/c1-21(31(28,29)17-10-6-5-9-16(17)22(26)27)12-11-15(18(23)24)20-19(25)30-13-14-7-3-2-4-8-14/h2-10,15H,11-13H2,1H3,(H,20,25)(H,23,24). The van der Waals surface area contributed by atoms with E-state index in [0.29, 0.717) is 5.56 Å². The molecule has 2 N–H and O–H groups in total. The van der Waals surface area contributed by atoms with Crippen molar-refractivity contribution in [1.82, 2.24) is 9.62 Å². The molecule has 1 unspecified atom stereocenters. The summed E-state index contributed by atoms with van der Waals surface area (Å²) in [7, 11) is -3.09. The Kier molecular flexibility index (Phi) is 8.05. The maximum atomic E-state index is 12.7. The van der Waals surface area contributed by atoms with E-state index in [1.165, 1.54) is 19.2 Å². The Labute approximate surface area is 178 Å². The zero-order valence-corrected chi connectivity index (χ0v) is 17.3. The number of carboxylic acid groups (broad SMARTS) is 1. The van der Waals surface area contributed by atoms with Gasteiger partial charge in [-0.2, -0.15) is 0 Å². The molecule has 0 saturated heterocycles. The van der Waals surface area contributed by atoms with E-state index in [-0.39, 0.29) is 19.6 Å². The molecule has 0 saturated carbocycles. The highest BCUT2D eigenvalue weighted by atomic mass is 32.2. The molecule has 1 atom stereocenters.